The summed E-state index contributed by atoms with van der Waals surface area (Å²) in [5.74, 6) is -0.358. The highest BCUT2D eigenvalue weighted by Gasteiger charge is 2.21. The summed E-state index contributed by atoms with van der Waals surface area (Å²) in [6, 6.07) is 9.71. The third kappa shape index (κ3) is 2.62. The molecule has 1 unspecified atom stereocenters. The van der Waals surface area contributed by atoms with Crippen LogP contribution in [0.1, 0.15) is 10.3 Å². The summed E-state index contributed by atoms with van der Waals surface area (Å²) >= 11 is 2.87. The highest BCUT2D eigenvalue weighted by atomic mass is 32.2. The predicted molar refractivity (Wildman–Crippen MR) is 66.3 cm³/mol. The lowest BCUT2D eigenvalue weighted by Gasteiger charge is -2.09. The molecule has 82 valence electrons. The molecule has 3 nitrogen and oxygen atoms in total. The van der Waals surface area contributed by atoms with Crippen molar-refractivity contribution in [2.75, 3.05) is 0 Å². The molecule has 1 aromatic carbocycles. The van der Waals surface area contributed by atoms with E-state index in [0.29, 0.717) is 0 Å². The van der Waals surface area contributed by atoms with E-state index in [1.54, 1.807) is 6.20 Å². The minimum Gasteiger partial charge on any atom is -0.368 e. The average Bonchev–Trinajstić information content (AvgIpc) is 2.80. The number of hydrogen-bond donors (Lipinski definition) is 1. The molecule has 1 amide bonds. The lowest BCUT2D eigenvalue weighted by atomic mass is 10.4. The Morgan fingerprint density at radius 3 is 2.69 bits per heavy atom. The number of hydrogen-bond acceptors (Lipinski definition) is 4. The second-order valence-electron chi connectivity index (χ2n) is 3.08. The van der Waals surface area contributed by atoms with Gasteiger partial charge >= 0.3 is 0 Å². The Bertz CT molecular complexity index is 456. The highest BCUT2D eigenvalue weighted by Crippen LogP contribution is 2.35. The van der Waals surface area contributed by atoms with Crippen molar-refractivity contribution in [1.82, 2.24) is 4.98 Å². The number of benzene rings is 1. The number of thiazole rings is 1. The van der Waals surface area contributed by atoms with E-state index in [1.807, 2.05) is 35.7 Å². The third-order valence-corrected chi connectivity index (χ3v) is 4.16. The van der Waals surface area contributed by atoms with Crippen molar-refractivity contribution >= 4 is 29.0 Å². The quantitative estimate of drug-likeness (QED) is 0.848. The number of rotatable bonds is 4. The number of thioether (sulfide) groups is 1. The molecule has 2 N–H and O–H groups in total. The minimum absolute atomic E-state index is 0.358. The maximum atomic E-state index is 11.4. The van der Waals surface area contributed by atoms with Crippen LogP contribution in [0, 0.1) is 0 Å². The van der Waals surface area contributed by atoms with E-state index in [-0.39, 0.29) is 5.91 Å². The first-order valence-corrected chi connectivity index (χ1v) is 6.43. The summed E-state index contributed by atoms with van der Waals surface area (Å²) < 4.78 is 0. The van der Waals surface area contributed by atoms with Crippen LogP contribution >= 0.6 is 23.1 Å². The fourth-order valence-corrected chi connectivity index (χ4v) is 3.03. The fourth-order valence-electron chi connectivity index (χ4n) is 1.23. The van der Waals surface area contributed by atoms with E-state index in [2.05, 4.69) is 4.98 Å². The van der Waals surface area contributed by atoms with Gasteiger partial charge in [0.2, 0.25) is 5.91 Å². The summed E-state index contributed by atoms with van der Waals surface area (Å²) in [6.45, 7) is 0. The molecule has 1 atom stereocenters. The normalized spacial score (nSPS) is 12.2. The van der Waals surface area contributed by atoms with Crippen molar-refractivity contribution in [2.24, 2.45) is 5.73 Å². The molecule has 0 spiro atoms. The van der Waals surface area contributed by atoms with Gasteiger partial charge in [0.05, 0.1) is 0 Å². The van der Waals surface area contributed by atoms with E-state index in [4.69, 9.17) is 5.73 Å². The zero-order valence-corrected chi connectivity index (χ0v) is 10.0. The Balaban J connectivity index is 2.19. The Kier molecular flexibility index (Phi) is 3.58. The van der Waals surface area contributed by atoms with Crippen LogP contribution in [0.3, 0.4) is 0 Å². The summed E-state index contributed by atoms with van der Waals surface area (Å²) in [5.41, 5.74) is 5.38. The Morgan fingerprint density at radius 1 is 1.38 bits per heavy atom. The number of amides is 1. The molecule has 2 aromatic rings. The lowest BCUT2D eigenvalue weighted by molar-refractivity contribution is -0.117. The zero-order chi connectivity index (χ0) is 11.4. The largest absolute Gasteiger partial charge is 0.368 e. The molecule has 5 heteroatoms. The minimum atomic E-state index is -0.401. The molecule has 0 aliphatic heterocycles. The first-order chi connectivity index (χ1) is 7.77. The molecule has 0 saturated heterocycles. The second-order valence-corrected chi connectivity index (χ2v) is 5.19. The van der Waals surface area contributed by atoms with E-state index in [0.717, 1.165) is 9.90 Å². The third-order valence-electron chi connectivity index (χ3n) is 1.93. The van der Waals surface area contributed by atoms with Crippen LogP contribution in [-0.2, 0) is 4.79 Å². The molecule has 0 aliphatic carbocycles. The zero-order valence-electron chi connectivity index (χ0n) is 8.37. The van der Waals surface area contributed by atoms with Crippen molar-refractivity contribution in [3.8, 4) is 0 Å². The van der Waals surface area contributed by atoms with Gasteiger partial charge < -0.3 is 5.73 Å². The molecular formula is C11H10N2OS2. The van der Waals surface area contributed by atoms with E-state index in [9.17, 15) is 4.79 Å². The van der Waals surface area contributed by atoms with Crippen LogP contribution in [0.2, 0.25) is 0 Å². The van der Waals surface area contributed by atoms with Gasteiger partial charge in [-0.15, -0.1) is 23.1 Å². The van der Waals surface area contributed by atoms with Crippen LogP contribution in [0.5, 0.6) is 0 Å². The Labute approximate surface area is 102 Å². The molecule has 0 aliphatic rings. The van der Waals surface area contributed by atoms with Crippen molar-refractivity contribution in [3.63, 3.8) is 0 Å². The molecule has 1 aromatic heterocycles. The number of aromatic nitrogens is 1. The van der Waals surface area contributed by atoms with Crippen molar-refractivity contribution in [1.29, 1.82) is 0 Å². The first-order valence-electron chi connectivity index (χ1n) is 4.68. The second kappa shape index (κ2) is 5.14. The van der Waals surface area contributed by atoms with Gasteiger partial charge in [-0.2, -0.15) is 0 Å². The topological polar surface area (TPSA) is 56.0 Å². The summed E-state index contributed by atoms with van der Waals surface area (Å²) in [4.78, 5) is 16.5. The molecule has 0 radical (unpaired) electrons. The molecule has 1 heterocycles. The van der Waals surface area contributed by atoms with Gasteiger partial charge in [-0.1, -0.05) is 18.2 Å². The van der Waals surface area contributed by atoms with Crippen LogP contribution in [0.4, 0.5) is 0 Å². The van der Waals surface area contributed by atoms with Gasteiger partial charge in [-0.05, 0) is 12.1 Å². The average molecular weight is 250 g/mol. The molecular weight excluding hydrogens is 240 g/mol. The maximum Gasteiger partial charge on any atom is 0.237 e. The number of nitrogens with zero attached hydrogens (tertiary/aromatic N) is 1. The number of carbonyl (C=O) groups excluding carboxylic acids is 1. The summed E-state index contributed by atoms with van der Waals surface area (Å²) in [6.07, 6.45) is 1.68. The lowest BCUT2D eigenvalue weighted by Crippen LogP contribution is -2.18. The standard InChI is InChI=1S/C11H10N2OS2/c12-10(14)9(11-13-6-7-15-11)16-8-4-2-1-3-5-8/h1-7,9H,(H2,12,14). The Morgan fingerprint density at radius 2 is 2.12 bits per heavy atom. The molecule has 2 rings (SSSR count). The van der Waals surface area contributed by atoms with Gasteiger partial charge in [0, 0.05) is 16.5 Å². The van der Waals surface area contributed by atoms with Gasteiger partial charge in [-0.25, -0.2) is 4.98 Å². The van der Waals surface area contributed by atoms with Gasteiger partial charge in [0.25, 0.3) is 0 Å². The van der Waals surface area contributed by atoms with E-state index >= 15 is 0 Å². The maximum absolute atomic E-state index is 11.4. The van der Waals surface area contributed by atoms with Gasteiger partial charge in [0.1, 0.15) is 10.3 Å². The SMILES string of the molecule is NC(=O)C(Sc1ccccc1)c1nccs1. The van der Waals surface area contributed by atoms with E-state index in [1.165, 1.54) is 23.1 Å². The van der Waals surface area contributed by atoms with E-state index < -0.39 is 5.25 Å². The number of nitrogens with two attached hydrogens (primary N) is 1. The van der Waals surface area contributed by atoms with Crippen LogP contribution < -0.4 is 5.73 Å². The fraction of sp³-hybridized carbons (Fsp3) is 0.0909. The highest BCUT2D eigenvalue weighted by molar-refractivity contribution is 8.00. The first kappa shape index (κ1) is 11.2. The Hall–Kier alpha value is -1.33. The van der Waals surface area contributed by atoms with Crippen LogP contribution in [0.25, 0.3) is 0 Å². The predicted octanol–water partition coefficient (Wildman–Crippen LogP) is 2.46. The number of carbonyl (C=O) groups is 1. The molecule has 0 bridgehead atoms. The molecule has 16 heavy (non-hydrogen) atoms. The summed E-state index contributed by atoms with van der Waals surface area (Å²) in [7, 11) is 0. The molecule has 0 fully saturated rings. The van der Waals surface area contributed by atoms with Gasteiger partial charge in [0.15, 0.2) is 0 Å². The molecule has 0 saturated carbocycles. The van der Waals surface area contributed by atoms with Crippen LogP contribution in [-0.4, -0.2) is 10.9 Å². The summed E-state index contributed by atoms with van der Waals surface area (Å²) in [5, 5.41) is 2.19. The smallest absolute Gasteiger partial charge is 0.237 e. The van der Waals surface area contributed by atoms with Crippen LogP contribution in [0.15, 0.2) is 46.8 Å². The van der Waals surface area contributed by atoms with Crippen molar-refractivity contribution < 1.29 is 4.79 Å². The van der Waals surface area contributed by atoms with Crippen molar-refractivity contribution in [3.05, 3.63) is 46.9 Å². The monoisotopic (exact) mass is 250 g/mol. The van der Waals surface area contributed by atoms with Gasteiger partial charge in [-0.3, -0.25) is 4.79 Å². The number of primary amides is 1. The van der Waals surface area contributed by atoms with Crippen molar-refractivity contribution in [2.45, 2.75) is 10.1 Å².